The van der Waals surface area contributed by atoms with E-state index >= 15 is 0 Å². The van der Waals surface area contributed by atoms with Crippen molar-refractivity contribution < 1.29 is 27.1 Å². The van der Waals surface area contributed by atoms with E-state index in [-0.39, 0.29) is 11.3 Å². The molecular weight excluding hydrogens is 378 g/mol. The van der Waals surface area contributed by atoms with E-state index < -0.39 is 32.5 Å². The minimum atomic E-state index is -4.47. The highest BCUT2D eigenvalue weighted by Crippen LogP contribution is 2.30. The number of sulfonamides is 1. The summed E-state index contributed by atoms with van der Waals surface area (Å²) in [6.45, 7) is 2.60. The summed E-state index contributed by atoms with van der Waals surface area (Å²) in [7, 11) is -2.74. The lowest BCUT2D eigenvalue weighted by molar-refractivity contribution is 0.0697. The standard InChI is InChI=1S/C18H20F2N2O4S/c1-3-4-9-22(2)16-8-5-12(18(23)24)10-15(16)21-27(25,26)17-11-13(19)6-7-14(17)20/h5-8,10-11,21H,3-4,9H2,1-2H3,(H,23,24). The molecule has 0 saturated heterocycles. The molecule has 0 atom stereocenters. The second-order valence-electron chi connectivity index (χ2n) is 5.99. The van der Waals surface area contributed by atoms with Crippen LogP contribution in [0.4, 0.5) is 20.2 Å². The van der Waals surface area contributed by atoms with Gasteiger partial charge in [-0.2, -0.15) is 0 Å². The van der Waals surface area contributed by atoms with Gasteiger partial charge in [-0.15, -0.1) is 0 Å². The van der Waals surface area contributed by atoms with E-state index in [0.717, 1.165) is 25.0 Å². The van der Waals surface area contributed by atoms with Crippen LogP contribution >= 0.6 is 0 Å². The number of carboxylic acids is 1. The molecule has 0 bridgehead atoms. The van der Waals surface area contributed by atoms with Gasteiger partial charge in [0.05, 0.1) is 16.9 Å². The zero-order valence-electron chi connectivity index (χ0n) is 14.9. The van der Waals surface area contributed by atoms with Crippen molar-refractivity contribution in [1.29, 1.82) is 0 Å². The summed E-state index contributed by atoms with van der Waals surface area (Å²) in [4.78, 5) is 12.1. The maximum absolute atomic E-state index is 13.9. The van der Waals surface area contributed by atoms with E-state index in [1.807, 2.05) is 6.92 Å². The maximum Gasteiger partial charge on any atom is 0.335 e. The van der Waals surface area contributed by atoms with Gasteiger partial charge >= 0.3 is 5.97 Å². The highest BCUT2D eigenvalue weighted by Gasteiger charge is 2.23. The fourth-order valence-corrected chi connectivity index (χ4v) is 3.64. The van der Waals surface area contributed by atoms with E-state index in [0.29, 0.717) is 24.4 Å². The SMILES string of the molecule is CCCCN(C)c1ccc(C(=O)O)cc1NS(=O)(=O)c1cc(F)ccc1F. The summed E-state index contributed by atoms with van der Waals surface area (Å²) in [5, 5.41) is 9.18. The van der Waals surface area contributed by atoms with Crippen molar-refractivity contribution in [3.63, 3.8) is 0 Å². The van der Waals surface area contributed by atoms with Crippen LogP contribution in [0.3, 0.4) is 0 Å². The molecule has 2 N–H and O–H groups in total. The average Bonchev–Trinajstić information content (AvgIpc) is 2.61. The molecule has 9 heteroatoms. The number of nitrogens with one attached hydrogen (secondary N) is 1. The number of carbonyl (C=O) groups is 1. The van der Waals surface area contributed by atoms with Crippen LogP contribution in [-0.4, -0.2) is 33.1 Å². The Morgan fingerprint density at radius 2 is 1.89 bits per heavy atom. The van der Waals surface area contributed by atoms with Crippen molar-refractivity contribution in [2.24, 2.45) is 0 Å². The number of rotatable bonds is 8. The normalized spacial score (nSPS) is 11.3. The fourth-order valence-electron chi connectivity index (χ4n) is 2.48. The first-order chi connectivity index (χ1) is 12.7. The molecule has 0 radical (unpaired) electrons. The third kappa shape index (κ3) is 4.94. The Labute approximate surface area is 156 Å². The summed E-state index contributed by atoms with van der Waals surface area (Å²) in [5.41, 5.74) is 0.256. The number of benzene rings is 2. The molecule has 0 unspecified atom stereocenters. The Balaban J connectivity index is 2.49. The fraction of sp³-hybridized carbons (Fsp3) is 0.278. The number of nitrogens with zero attached hydrogens (tertiary/aromatic N) is 1. The zero-order valence-corrected chi connectivity index (χ0v) is 15.7. The summed E-state index contributed by atoms with van der Waals surface area (Å²) in [5.74, 6) is -3.26. The van der Waals surface area contributed by atoms with Gasteiger partial charge in [-0.25, -0.2) is 22.0 Å². The number of carboxylic acid groups (broad SMARTS) is 1. The van der Waals surface area contributed by atoms with Gasteiger partial charge in [0, 0.05) is 13.6 Å². The molecule has 0 saturated carbocycles. The number of unbranched alkanes of at least 4 members (excludes halogenated alkanes) is 1. The molecule has 0 aliphatic heterocycles. The average molecular weight is 398 g/mol. The molecule has 6 nitrogen and oxygen atoms in total. The predicted octanol–water partition coefficient (Wildman–Crippen LogP) is 3.70. The van der Waals surface area contributed by atoms with Gasteiger partial charge in [0.2, 0.25) is 0 Å². The highest BCUT2D eigenvalue weighted by atomic mass is 32.2. The molecule has 27 heavy (non-hydrogen) atoms. The van der Waals surface area contributed by atoms with Gasteiger partial charge in [0.15, 0.2) is 0 Å². The van der Waals surface area contributed by atoms with Crippen LogP contribution in [0.15, 0.2) is 41.3 Å². The lowest BCUT2D eigenvalue weighted by Gasteiger charge is -2.23. The molecular formula is C18H20F2N2O4S. The number of hydrogen-bond donors (Lipinski definition) is 2. The Hall–Kier alpha value is -2.68. The van der Waals surface area contributed by atoms with Gasteiger partial charge in [0.25, 0.3) is 10.0 Å². The van der Waals surface area contributed by atoms with Crippen molar-refractivity contribution in [3.05, 3.63) is 53.6 Å². The molecule has 2 rings (SSSR count). The molecule has 0 aliphatic rings. The van der Waals surface area contributed by atoms with E-state index in [1.54, 1.807) is 11.9 Å². The summed E-state index contributed by atoms with van der Waals surface area (Å²) < 4.78 is 54.6. The third-order valence-corrected chi connectivity index (χ3v) is 5.31. The molecule has 2 aromatic rings. The van der Waals surface area contributed by atoms with Crippen molar-refractivity contribution in [2.45, 2.75) is 24.7 Å². The number of hydrogen-bond acceptors (Lipinski definition) is 4. The summed E-state index contributed by atoms with van der Waals surface area (Å²) in [6.07, 6.45) is 1.75. The van der Waals surface area contributed by atoms with Gasteiger partial charge in [-0.1, -0.05) is 13.3 Å². The van der Waals surface area contributed by atoms with Crippen LogP contribution in [0, 0.1) is 11.6 Å². The lowest BCUT2D eigenvalue weighted by Crippen LogP contribution is -2.22. The molecule has 146 valence electrons. The van der Waals surface area contributed by atoms with E-state index in [4.69, 9.17) is 0 Å². The number of aromatic carboxylic acids is 1. The topological polar surface area (TPSA) is 86.7 Å². The maximum atomic E-state index is 13.9. The zero-order chi connectivity index (χ0) is 20.2. The van der Waals surface area contributed by atoms with E-state index in [1.165, 1.54) is 12.1 Å². The molecule has 0 fully saturated rings. The van der Waals surface area contributed by atoms with Crippen LogP contribution in [0.1, 0.15) is 30.1 Å². The van der Waals surface area contributed by atoms with Gasteiger partial charge in [0.1, 0.15) is 16.5 Å². The van der Waals surface area contributed by atoms with Crippen molar-refractivity contribution >= 4 is 27.4 Å². The second-order valence-corrected chi connectivity index (χ2v) is 7.64. The number of halogens is 2. The first-order valence-corrected chi connectivity index (χ1v) is 9.70. The van der Waals surface area contributed by atoms with Crippen LogP contribution in [-0.2, 0) is 10.0 Å². The highest BCUT2D eigenvalue weighted by molar-refractivity contribution is 7.92. The Morgan fingerprint density at radius 3 is 2.52 bits per heavy atom. The molecule has 0 spiro atoms. The lowest BCUT2D eigenvalue weighted by atomic mass is 10.1. The quantitative estimate of drug-likeness (QED) is 0.708. The Morgan fingerprint density at radius 1 is 1.19 bits per heavy atom. The van der Waals surface area contributed by atoms with Crippen LogP contribution in [0.5, 0.6) is 0 Å². The smallest absolute Gasteiger partial charge is 0.335 e. The second kappa shape index (κ2) is 8.34. The van der Waals surface area contributed by atoms with Crippen LogP contribution < -0.4 is 9.62 Å². The summed E-state index contributed by atoms with van der Waals surface area (Å²) >= 11 is 0. The Kier molecular flexibility index (Phi) is 6.37. The first kappa shape index (κ1) is 20.6. The molecule has 2 aromatic carbocycles. The largest absolute Gasteiger partial charge is 0.478 e. The van der Waals surface area contributed by atoms with Crippen LogP contribution in [0.25, 0.3) is 0 Å². The molecule has 0 heterocycles. The van der Waals surface area contributed by atoms with Gasteiger partial charge in [-0.3, -0.25) is 4.72 Å². The minimum Gasteiger partial charge on any atom is -0.478 e. The summed E-state index contributed by atoms with van der Waals surface area (Å²) in [6, 6.07) is 6.06. The molecule has 0 amide bonds. The van der Waals surface area contributed by atoms with Gasteiger partial charge < -0.3 is 10.0 Å². The number of anilines is 2. The van der Waals surface area contributed by atoms with Gasteiger partial charge in [-0.05, 0) is 42.8 Å². The van der Waals surface area contributed by atoms with Crippen molar-refractivity contribution in [2.75, 3.05) is 23.2 Å². The monoisotopic (exact) mass is 398 g/mol. The van der Waals surface area contributed by atoms with E-state index in [2.05, 4.69) is 4.72 Å². The third-order valence-electron chi connectivity index (χ3n) is 3.93. The predicted molar refractivity (Wildman–Crippen MR) is 98.7 cm³/mol. The first-order valence-electron chi connectivity index (χ1n) is 8.22. The Bertz CT molecular complexity index is 948. The molecule has 0 aliphatic carbocycles. The minimum absolute atomic E-state index is 0.0304. The van der Waals surface area contributed by atoms with E-state index in [9.17, 15) is 27.1 Å². The van der Waals surface area contributed by atoms with Crippen molar-refractivity contribution in [1.82, 2.24) is 0 Å². The molecule has 0 aromatic heterocycles. The van der Waals surface area contributed by atoms with Crippen molar-refractivity contribution in [3.8, 4) is 0 Å². The van der Waals surface area contributed by atoms with Crippen LogP contribution in [0.2, 0.25) is 0 Å².